The number of nitriles is 1. The first-order valence-electron chi connectivity index (χ1n) is 7.07. The minimum absolute atomic E-state index is 0.0337. The van der Waals surface area contributed by atoms with Crippen LogP contribution in [0, 0.1) is 25.2 Å². The number of aryl methyl sites for hydroxylation is 2. The molecule has 0 aliphatic carbocycles. The number of aromatic nitrogens is 5. The summed E-state index contributed by atoms with van der Waals surface area (Å²) in [6.45, 7) is 3.52. The van der Waals surface area contributed by atoms with Crippen LogP contribution in [-0.4, -0.2) is 31.3 Å². The maximum absolute atomic E-state index is 12.1. The number of hydrogen-bond donors (Lipinski definition) is 1. The molecule has 0 unspecified atom stereocenters. The molecule has 9 heteroatoms. The molecule has 1 N–H and O–H groups in total. The standard InChI is InChI=1S/C15H13N7O2/c1-9-5-11(3-4-14(9)22-8-17-20-21-22)18-15(23)6-13-12(7-16)10(2)24-19-13/h3-5,8H,6H2,1-2H3,(H,18,23). The third-order valence-electron chi connectivity index (χ3n) is 3.45. The van der Waals surface area contributed by atoms with Crippen molar-refractivity contribution in [3.63, 3.8) is 0 Å². The third kappa shape index (κ3) is 2.98. The van der Waals surface area contributed by atoms with Crippen molar-refractivity contribution in [2.75, 3.05) is 5.32 Å². The SMILES string of the molecule is Cc1cc(NC(=O)Cc2noc(C)c2C#N)ccc1-n1cnnn1. The maximum Gasteiger partial charge on any atom is 0.230 e. The van der Waals surface area contributed by atoms with Crippen molar-refractivity contribution in [2.45, 2.75) is 20.3 Å². The lowest BCUT2D eigenvalue weighted by Gasteiger charge is -2.08. The van der Waals surface area contributed by atoms with Crippen molar-refractivity contribution in [1.29, 1.82) is 5.26 Å². The highest BCUT2D eigenvalue weighted by Crippen LogP contribution is 2.18. The van der Waals surface area contributed by atoms with Crippen LogP contribution in [0.2, 0.25) is 0 Å². The Balaban J connectivity index is 1.73. The molecule has 0 aliphatic rings. The Morgan fingerprint density at radius 3 is 2.92 bits per heavy atom. The van der Waals surface area contributed by atoms with Crippen LogP contribution < -0.4 is 5.32 Å². The van der Waals surface area contributed by atoms with Gasteiger partial charge in [-0.15, -0.1) is 5.10 Å². The van der Waals surface area contributed by atoms with E-state index >= 15 is 0 Å². The van der Waals surface area contributed by atoms with Gasteiger partial charge in [0.25, 0.3) is 0 Å². The zero-order valence-corrected chi connectivity index (χ0v) is 13.0. The number of rotatable bonds is 4. The van der Waals surface area contributed by atoms with E-state index < -0.39 is 0 Å². The van der Waals surface area contributed by atoms with Gasteiger partial charge in [0.15, 0.2) is 5.76 Å². The van der Waals surface area contributed by atoms with E-state index in [0.717, 1.165) is 11.3 Å². The van der Waals surface area contributed by atoms with E-state index in [1.165, 1.54) is 11.0 Å². The molecule has 0 saturated carbocycles. The van der Waals surface area contributed by atoms with Crippen molar-refractivity contribution in [3.05, 3.63) is 47.1 Å². The summed E-state index contributed by atoms with van der Waals surface area (Å²) in [6.07, 6.45) is 1.46. The molecule has 2 aromatic heterocycles. The third-order valence-corrected chi connectivity index (χ3v) is 3.45. The Bertz CT molecular complexity index is 922. The Morgan fingerprint density at radius 2 is 2.25 bits per heavy atom. The number of nitrogens with one attached hydrogen (secondary N) is 1. The second kappa shape index (κ2) is 6.29. The van der Waals surface area contributed by atoms with Crippen molar-refractivity contribution < 1.29 is 9.32 Å². The van der Waals surface area contributed by atoms with E-state index in [4.69, 9.17) is 9.78 Å². The lowest BCUT2D eigenvalue weighted by atomic mass is 10.1. The summed E-state index contributed by atoms with van der Waals surface area (Å²) in [5.74, 6) is 0.122. The summed E-state index contributed by atoms with van der Waals surface area (Å²) in [4.78, 5) is 12.1. The monoisotopic (exact) mass is 323 g/mol. The molecule has 0 saturated heterocycles. The lowest BCUT2D eigenvalue weighted by Crippen LogP contribution is -2.15. The number of anilines is 1. The number of nitrogens with zero attached hydrogens (tertiary/aromatic N) is 6. The van der Waals surface area contributed by atoms with Gasteiger partial charge >= 0.3 is 0 Å². The molecule has 0 bridgehead atoms. The van der Waals surface area contributed by atoms with Crippen LogP contribution in [0.15, 0.2) is 29.0 Å². The first-order valence-corrected chi connectivity index (χ1v) is 7.07. The van der Waals surface area contributed by atoms with Crippen molar-refractivity contribution in [3.8, 4) is 11.8 Å². The second-order valence-corrected chi connectivity index (χ2v) is 5.15. The largest absolute Gasteiger partial charge is 0.360 e. The first-order chi connectivity index (χ1) is 11.6. The zero-order valence-electron chi connectivity index (χ0n) is 13.0. The van der Waals surface area contributed by atoms with Gasteiger partial charge in [-0.2, -0.15) is 5.26 Å². The molecule has 3 aromatic rings. The predicted molar refractivity (Wildman–Crippen MR) is 82.2 cm³/mol. The smallest absolute Gasteiger partial charge is 0.230 e. The fourth-order valence-corrected chi connectivity index (χ4v) is 2.30. The van der Waals surface area contributed by atoms with Crippen LogP contribution >= 0.6 is 0 Å². The Kier molecular flexibility index (Phi) is 4.03. The quantitative estimate of drug-likeness (QED) is 0.768. The van der Waals surface area contributed by atoms with E-state index in [-0.39, 0.29) is 12.3 Å². The van der Waals surface area contributed by atoms with Gasteiger partial charge in [-0.25, -0.2) is 4.68 Å². The van der Waals surface area contributed by atoms with E-state index in [2.05, 4.69) is 26.0 Å². The van der Waals surface area contributed by atoms with Gasteiger partial charge in [0.05, 0.1) is 12.1 Å². The van der Waals surface area contributed by atoms with Gasteiger partial charge in [-0.1, -0.05) is 5.16 Å². The van der Waals surface area contributed by atoms with Gasteiger partial charge in [-0.05, 0) is 48.0 Å². The Hall–Kier alpha value is -3.54. The van der Waals surface area contributed by atoms with Crippen LogP contribution in [0.5, 0.6) is 0 Å². The van der Waals surface area contributed by atoms with Gasteiger partial charge in [-0.3, -0.25) is 4.79 Å². The van der Waals surface area contributed by atoms with Crippen LogP contribution in [0.1, 0.15) is 22.6 Å². The highest BCUT2D eigenvalue weighted by atomic mass is 16.5. The molecule has 1 aromatic carbocycles. The summed E-state index contributed by atoms with van der Waals surface area (Å²) in [5, 5.41) is 26.6. The molecule has 24 heavy (non-hydrogen) atoms. The normalized spacial score (nSPS) is 10.4. The molecular formula is C15H13N7O2. The number of carbonyl (C=O) groups is 1. The molecule has 0 fully saturated rings. The van der Waals surface area contributed by atoms with Crippen molar-refractivity contribution >= 4 is 11.6 Å². The summed E-state index contributed by atoms with van der Waals surface area (Å²) in [5.41, 5.74) is 2.98. The average molecular weight is 323 g/mol. The van der Waals surface area contributed by atoms with E-state index in [1.54, 1.807) is 13.0 Å². The molecular weight excluding hydrogens is 310 g/mol. The van der Waals surface area contributed by atoms with Crippen LogP contribution in [0.25, 0.3) is 5.69 Å². The fourth-order valence-electron chi connectivity index (χ4n) is 2.30. The molecule has 0 atom stereocenters. The molecule has 2 heterocycles. The average Bonchev–Trinajstić information content (AvgIpc) is 3.17. The maximum atomic E-state index is 12.1. The van der Waals surface area contributed by atoms with Crippen molar-refractivity contribution in [2.24, 2.45) is 0 Å². The van der Waals surface area contributed by atoms with Crippen LogP contribution in [-0.2, 0) is 11.2 Å². The summed E-state index contributed by atoms with van der Waals surface area (Å²) in [6, 6.07) is 7.36. The molecule has 0 radical (unpaired) electrons. The van der Waals surface area contributed by atoms with Crippen LogP contribution in [0.3, 0.4) is 0 Å². The minimum atomic E-state index is -0.283. The first kappa shape index (κ1) is 15.4. The van der Waals surface area contributed by atoms with Gasteiger partial charge in [0, 0.05) is 5.69 Å². The van der Waals surface area contributed by atoms with Crippen molar-refractivity contribution in [1.82, 2.24) is 25.4 Å². The second-order valence-electron chi connectivity index (χ2n) is 5.15. The lowest BCUT2D eigenvalue weighted by molar-refractivity contribution is -0.115. The summed E-state index contributed by atoms with van der Waals surface area (Å²) >= 11 is 0. The minimum Gasteiger partial charge on any atom is -0.360 e. The number of benzene rings is 1. The number of hydrogen-bond acceptors (Lipinski definition) is 7. The highest BCUT2D eigenvalue weighted by molar-refractivity contribution is 5.92. The Morgan fingerprint density at radius 1 is 1.42 bits per heavy atom. The zero-order chi connectivity index (χ0) is 17.1. The topological polar surface area (TPSA) is 123 Å². The van der Waals surface area contributed by atoms with E-state index in [9.17, 15) is 4.79 Å². The van der Waals surface area contributed by atoms with E-state index in [1.807, 2.05) is 25.1 Å². The number of tetrazole rings is 1. The molecule has 3 rings (SSSR count). The molecule has 1 amide bonds. The van der Waals surface area contributed by atoms with Gasteiger partial charge in [0.2, 0.25) is 5.91 Å². The molecule has 0 aliphatic heterocycles. The molecule has 0 spiro atoms. The summed E-state index contributed by atoms with van der Waals surface area (Å²) < 4.78 is 6.48. The molecule has 9 nitrogen and oxygen atoms in total. The van der Waals surface area contributed by atoms with Gasteiger partial charge < -0.3 is 9.84 Å². The molecule has 120 valence electrons. The number of amides is 1. The van der Waals surface area contributed by atoms with E-state index in [0.29, 0.717) is 22.7 Å². The van der Waals surface area contributed by atoms with Crippen LogP contribution in [0.4, 0.5) is 5.69 Å². The van der Waals surface area contributed by atoms with Gasteiger partial charge in [0.1, 0.15) is 23.7 Å². The Labute approximate surface area is 136 Å². The summed E-state index contributed by atoms with van der Waals surface area (Å²) in [7, 11) is 0. The number of carbonyl (C=O) groups excluding carboxylic acids is 1. The fraction of sp³-hybridized carbons (Fsp3) is 0.200. The predicted octanol–water partition coefficient (Wildman–Crippen LogP) is 1.32. The highest BCUT2D eigenvalue weighted by Gasteiger charge is 2.16.